The summed E-state index contributed by atoms with van der Waals surface area (Å²) in [6.07, 6.45) is 0. The van der Waals surface area contributed by atoms with Crippen molar-refractivity contribution in [2.45, 2.75) is 10.7 Å². The van der Waals surface area contributed by atoms with Crippen molar-refractivity contribution in [3.05, 3.63) is 24.3 Å². The number of rotatable bonds is 3. The van der Waals surface area contributed by atoms with Crippen molar-refractivity contribution in [2.75, 3.05) is 0 Å². The highest BCUT2D eigenvalue weighted by Gasteiger charge is 2.20. The number of fused-ring (bicyclic) bond motifs is 1. The van der Waals surface area contributed by atoms with Gasteiger partial charge in [0.05, 0.1) is 0 Å². The fourth-order valence-electron chi connectivity index (χ4n) is 1.04. The Morgan fingerprint density at radius 2 is 2.27 bits per heavy atom. The Balaban J connectivity index is 2.26. The van der Waals surface area contributed by atoms with Gasteiger partial charge in [-0.1, -0.05) is 12.1 Å². The molecular weight excluding hydrogens is 221 g/mol. The van der Waals surface area contributed by atoms with Crippen molar-refractivity contribution in [2.24, 2.45) is 0 Å². The van der Waals surface area contributed by atoms with E-state index in [0.717, 1.165) is 0 Å². The number of halogens is 1. The normalized spacial score (nSPS) is 12.9. The molecular formula is C9H6FNO3S. The Bertz CT molecular complexity index is 466. The number of aromatic nitrogens is 1. The van der Waals surface area contributed by atoms with Gasteiger partial charge in [-0.2, -0.15) is 0 Å². The smallest absolute Gasteiger partial charge is 0.349 e. The zero-order valence-electron chi connectivity index (χ0n) is 7.38. The van der Waals surface area contributed by atoms with E-state index in [2.05, 4.69) is 4.98 Å². The number of oxazole rings is 1. The van der Waals surface area contributed by atoms with Crippen LogP contribution >= 0.6 is 11.8 Å². The molecule has 1 N–H and O–H groups in total. The molecule has 2 aromatic rings. The van der Waals surface area contributed by atoms with Gasteiger partial charge < -0.3 is 9.52 Å². The van der Waals surface area contributed by atoms with Gasteiger partial charge in [-0.25, -0.2) is 14.2 Å². The predicted molar refractivity (Wildman–Crippen MR) is 52.4 cm³/mol. The van der Waals surface area contributed by atoms with Gasteiger partial charge in [0.15, 0.2) is 5.58 Å². The molecule has 1 unspecified atom stereocenters. The Kier molecular flexibility index (Phi) is 2.59. The van der Waals surface area contributed by atoms with Gasteiger partial charge in [-0.3, -0.25) is 0 Å². The molecule has 4 nitrogen and oxygen atoms in total. The fraction of sp³-hybridized carbons (Fsp3) is 0.111. The van der Waals surface area contributed by atoms with Gasteiger partial charge in [-0.05, 0) is 23.9 Å². The minimum atomic E-state index is -2.06. The molecule has 0 saturated heterocycles. The van der Waals surface area contributed by atoms with E-state index in [0.29, 0.717) is 22.9 Å². The van der Waals surface area contributed by atoms with Gasteiger partial charge >= 0.3 is 5.97 Å². The molecule has 6 heteroatoms. The number of alkyl halides is 1. The molecule has 0 amide bonds. The maximum Gasteiger partial charge on any atom is 0.349 e. The molecule has 1 heterocycles. The maximum atomic E-state index is 12.8. The van der Waals surface area contributed by atoms with Crippen LogP contribution in [-0.2, 0) is 4.79 Å². The summed E-state index contributed by atoms with van der Waals surface area (Å²) in [5.41, 5.74) is -0.965. The van der Waals surface area contributed by atoms with Crippen molar-refractivity contribution < 1.29 is 18.7 Å². The quantitative estimate of drug-likeness (QED) is 0.815. The number of hydrogen-bond acceptors (Lipinski definition) is 4. The standard InChI is InChI=1S/C9H6FNO3S/c10-7(8(12)13)15-9-11-5-3-1-2-4-6(5)14-9/h1-4,7H,(H,12,13). The third kappa shape index (κ3) is 2.10. The summed E-state index contributed by atoms with van der Waals surface area (Å²) in [5.74, 6) is -1.54. The highest BCUT2D eigenvalue weighted by molar-refractivity contribution is 8.00. The summed E-state index contributed by atoms with van der Waals surface area (Å²) in [7, 11) is 0. The first-order valence-electron chi connectivity index (χ1n) is 4.06. The molecule has 0 fully saturated rings. The largest absolute Gasteiger partial charge is 0.478 e. The van der Waals surface area contributed by atoms with E-state index in [1.807, 2.05) is 0 Å². The lowest BCUT2D eigenvalue weighted by atomic mass is 10.3. The van der Waals surface area contributed by atoms with Crippen molar-refractivity contribution in [3.8, 4) is 0 Å². The van der Waals surface area contributed by atoms with E-state index in [1.54, 1.807) is 24.3 Å². The number of carboxylic acids is 1. The number of nitrogens with zero attached hydrogens (tertiary/aromatic N) is 1. The molecule has 0 aliphatic carbocycles. The van der Waals surface area contributed by atoms with Crippen molar-refractivity contribution in [3.63, 3.8) is 0 Å². The van der Waals surface area contributed by atoms with Gasteiger partial charge in [0.1, 0.15) is 5.52 Å². The van der Waals surface area contributed by atoms with Crippen LogP contribution in [0.3, 0.4) is 0 Å². The lowest BCUT2D eigenvalue weighted by molar-refractivity contribution is -0.139. The molecule has 0 radical (unpaired) electrons. The highest BCUT2D eigenvalue weighted by Crippen LogP contribution is 2.27. The lowest BCUT2D eigenvalue weighted by Gasteiger charge is -1.96. The fourth-order valence-corrected chi connectivity index (χ4v) is 1.61. The molecule has 1 atom stereocenters. The summed E-state index contributed by atoms with van der Waals surface area (Å²) < 4.78 is 17.9. The molecule has 15 heavy (non-hydrogen) atoms. The second kappa shape index (κ2) is 3.90. The van der Waals surface area contributed by atoms with Crippen LogP contribution in [-0.4, -0.2) is 21.6 Å². The van der Waals surface area contributed by atoms with E-state index in [4.69, 9.17) is 9.52 Å². The van der Waals surface area contributed by atoms with Gasteiger partial charge in [0.25, 0.3) is 10.7 Å². The second-order valence-electron chi connectivity index (χ2n) is 2.72. The number of aliphatic carboxylic acids is 1. The molecule has 0 aliphatic rings. The van der Waals surface area contributed by atoms with Gasteiger partial charge in [0.2, 0.25) is 0 Å². The minimum Gasteiger partial charge on any atom is -0.478 e. The van der Waals surface area contributed by atoms with Crippen LogP contribution in [0.15, 0.2) is 33.9 Å². The van der Waals surface area contributed by atoms with E-state index < -0.39 is 11.5 Å². The lowest BCUT2D eigenvalue weighted by Crippen LogP contribution is -2.09. The van der Waals surface area contributed by atoms with Crippen LogP contribution < -0.4 is 0 Å². The Hall–Kier alpha value is -1.56. The van der Waals surface area contributed by atoms with Crippen LogP contribution in [0.4, 0.5) is 4.39 Å². The Labute approximate surface area is 88.1 Å². The van der Waals surface area contributed by atoms with E-state index in [1.165, 1.54) is 0 Å². The van der Waals surface area contributed by atoms with Crippen molar-refractivity contribution in [1.29, 1.82) is 0 Å². The number of thioether (sulfide) groups is 1. The summed E-state index contributed by atoms with van der Waals surface area (Å²) in [5, 5.41) is 8.37. The van der Waals surface area contributed by atoms with E-state index in [-0.39, 0.29) is 5.22 Å². The number of hydrogen-bond donors (Lipinski definition) is 1. The van der Waals surface area contributed by atoms with Crippen LogP contribution in [0.25, 0.3) is 11.1 Å². The molecule has 0 spiro atoms. The Morgan fingerprint density at radius 1 is 1.53 bits per heavy atom. The van der Waals surface area contributed by atoms with E-state index in [9.17, 15) is 9.18 Å². The zero-order valence-corrected chi connectivity index (χ0v) is 8.20. The first-order valence-corrected chi connectivity index (χ1v) is 4.94. The summed E-state index contributed by atoms with van der Waals surface area (Å²) in [6.45, 7) is 0. The van der Waals surface area contributed by atoms with Gasteiger partial charge in [-0.15, -0.1) is 0 Å². The molecule has 78 valence electrons. The molecule has 0 bridgehead atoms. The third-order valence-corrected chi connectivity index (χ3v) is 2.46. The zero-order chi connectivity index (χ0) is 10.8. The number of carboxylic acid groups (broad SMARTS) is 1. The number of carbonyl (C=O) groups is 1. The predicted octanol–water partition coefficient (Wildman–Crippen LogP) is 2.30. The third-order valence-electron chi connectivity index (χ3n) is 1.67. The SMILES string of the molecule is O=C(O)C(F)Sc1nc2ccccc2o1. The van der Waals surface area contributed by atoms with Crippen LogP contribution in [0, 0.1) is 0 Å². The monoisotopic (exact) mass is 227 g/mol. The summed E-state index contributed by atoms with van der Waals surface area (Å²) >= 11 is 0.433. The van der Waals surface area contributed by atoms with Crippen molar-refractivity contribution >= 4 is 28.8 Å². The summed E-state index contributed by atoms with van der Waals surface area (Å²) in [6, 6.07) is 6.91. The summed E-state index contributed by atoms with van der Waals surface area (Å²) in [4.78, 5) is 14.2. The molecule has 1 aromatic heterocycles. The maximum absolute atomic E-state index is 12.8. The first-order chi connectivity index (χ1) is 7.16. The molecule has 1 aromatic carbocycles. The first kappa shape index (κ1) is 9.97. The number of para-hydroxylation sites is 2. The van der Waals surface area contributed by atoms with Crippen molar-refractivity contribution in [1.82, 2.24) is 4.98 Å². The Morgan fingerprint density at radius 3 is 2.93 bits per heavy atom. The molecule has 2 rings (SSSR count). The van der Waals surface area contributed by atoms with Crippen LogP contribution in [0.1, 0.15) is 0 Å². The molecule has 0 aliphatic heterocycles. The minimum absolute atomic E-state index is 0.0195. The topological polar surface area (TPSA) is 63.3 Å². The highest BCUT2D eigenvalue weighted by atomic mass is 32.2. The van der Waals surface area contributed by atoms with E-state index >= 15 is 0 Å². The number of benzene rings is 1. The second-order valence-corrected chi connectivity index (χ2v) is 3.72. The molecule has 0 saturated carbocycles. The van der Waals surface area contributed by atoms with Crippen LogP contribution in [0.2, 0.25) is 0 Å². The van der Waals surface area contributed by atoms with Gasteiger partial charge in [0, 0.05) is 0 Å². The average Bonchev–Trinajstić information content (AvgIpc) is 2.59. The van der Waals surface area contributed by atoms with Crippen LogP contribution in [0.5, 0.6) is 0 Å². The average molecular weight is 227 g/mol.